The summed E-state index contributed by atoms with van der Waals surface area (Å²) in [5.74, 6) is 3.56. The van der Waals surface area contributed by atoms with Crippen LogP contribution in [0.5, 0.6) is 0 Å². The number of pyridine rings is 1. The van der Waals surface area contributed by atoms with Gasteiger partial charge in [0.1, 0.15) is 4.34 Å². The Kier molecular flexibility index (Phi) is 7.86. The molecule has 0 aliphatic heterocycles. The lowest BCUT2D eigenvalue weighted by atomic mass is 10.1. The highest BCUT2D eigenvalue weighted by Gasteiger charge is 2.16. The standard InChI is InChI=1S/C22H16ClF3N2O4S2/c1-34(31,32)12-14-4-2-3-13(7-14)5-6-15-8-18(33-20(15)23)21(29)27-16-9-17(24)22(30)28(10-16)11-19(25)26/h2-4,7-10,19H,11-12H2,1H3,(H,27,29). The van der Waals surface area contributed by atoms with Crippen LogP contribution in [0.4, 0.5) is 18.9 Å². The molecule has 6 nitrogen and oxygen atoms in total. The molecule has 0 saturated heterocycles. The first-order chi connectivity index (χ1) is 15.9. The molecule has 0 aliphatic carbocycles. The summed E-state index contributed by atoms with van der Waals surface area (Å²) in [6.07, 6.45) is -0.827. The minimum Gasteiger partial charge on any atom is -0.320 e. The summed E-state index contributed by atoms with van der Waals surface area (Å²) in [6, 6.07) is 8.80. The number of anilines is 1. The number of sulfone groups is 1. The highest BCUT2D eigenvalue weighted by Crippen LogP contribution is 2.28. The van der Waals surface area contributed by atoms with Crippen LogP contribution < -0.4 is 10.9 Å². The minimum atomic E-state index is -3.21. The molecule has 2 heterocycles. The Balaban J connectivity index is 1.80. The van der Waals surface area contributed by atoms with E-state index in [9.17, 15) is 31.2 Å². The fourth-order valence-electron chi connectivity index (χ4n) is 2.89. The highest BCUT2D eigenvalue weighted by molar-refractivity contribution is 7.89. The lowest BCUT2D eigenvalue weighted by Crippen LogP contribution is -2.26. The van der Waals surface area contributed by atoms with Gasteiger partial charge in [-0.05, 0) is 23.8 Å². The van der Waals surface area contributed by atoms with Gasteiger partial charge in [0, 0.05) is 24.1 Å². The van der Waals surface area contributed by atoms with Crippen LogP contribution in [0.2, 0.25) is 4.34 Å². The molecule has 1 N–H and O–H groups in total. The molecule has 3 rings (SSSR count). The fourth-order valence-corrected chi connectivity index (χ4v) is 4.76. The molecule has 0 aliphatic rings. The summed E-state index contributed by atoms with van der Waals surface area (Å²) in [5, 5.41) is 2.35. The van der Waals surface area contributed by atoms with Crippen molar-refractivity contribution in [2.45, 2.75) is 18.7 Å². The van der Waals surface area contributed by atoms with Crippen molar-refractivity contribution in [1.82, 2.24) is 4.57 Å². The van der Waals surface area contributed by atoms with E-state index in [2.05, 4.69) is 17.2 Å². The van der Waals surface area contributed by atoms with Gasteiger partial charge >= 0.3 is 0 Å². The molecule has 2 aromatic heterocycles. The second-order valence-corrected chi connectivity index (χ2v) is 11.0. The van der Waals surface area contributed by atoms with Crippen molar-refractivity contribution in [3.8, 4) is 11.8 Å². The van der Waals surface area contributed by atoms with Gasteiger partial charge in [0.15, 0.2) is 15.7 Å². The number of rotatable bonds is 6. The summed E-state index contributed by atoms with van der Waals surface area (Å²) in [4.78, 5) is 24.3. The van der Waals surface area contributed by atoms with Crippen molar-refractivity contribution < 1.29 is 26.4 Å². The van der Waals surface area contributed by atoms with E-state index in [1.165, 1.54) is 6.07 Å². The molecule has 0 radical (unpaired) electrons. The van der Waals surface area contributed by atoms with Crippen LogP contribution in [0.25, 0.3) is 0 Å². The van der Waals surface area contributed by atoms with Crippen LogP contribution >= 0.6 is 22.9 Å². The van der Waals surface area contributed by atoms with Crippen LogP contribution in [-0.2, 0) is 22.1 Å². The lowest BCUT2D eigenvalue weighted by Gasteiger charge is -2.09. The third kappa shape index (κ3) is 6.96. The molecule has 1 amide bonds. The Morgan fingerprint density at radius 3 is 2.65 bits per heavy atom. The van der Waals surface area contributed by atoms with E-state index in [1.54, 1.807) is 24.3 Å². The van der Waals surface area contributed by atoms with Crippen molar-refractivity contribution in [2.75, 3.05) is 11.6 Å². The molecular weight excluding hydrogens is 513 g/mol. The van der Waals surface area contributed by atoms with E-state index in [-0.39, 0.29) is 20.7 Å². The van der Waals surface area contributed by atoms with Crippen LogP contribution in [0.3, 0.4) is 0 Å². The predicted octanol–water partition coefficient (Wildman–Crippen LogP) is 4.16. The Bertz CT molecular complexity index is 1470. The molecule has 12 heteroatoms. The number of benzene rings is 1. The van der Waals surface area contributed by atoms with E-state index in [0.717, 1.165) is 29.9 Å². The van der Waals surface area contributed by atoms with Crippen LogP contribution in [0.15, 0.2) is 47.4 Å². The molecule has 178 valence electrons. The van der Waals surface area contributed by atoms with Gasteiger partial charge in [0.2, 0.25) is 0 Å². The summed E-state index contributed by atoms with van der Waals surface area (Å²) < 4.78 is 62.6. The Morgan fingerprint density at radius 2 is 1.97 bits per heavy atom. The number of nitrogens with zero attached hydrogens (tertiary/aromatic N) is 1. The Labute approximate surface area is 201 Å². The molecule has 34 heavy (non-hydrogen) atoms. The lowest BCUT2D eigenvalue weighted by molar-refractivity contribution is 0.103. The maximum absolute atomic E-state index is 13.8. The zero-order valence-electron chi connectivity index (χ0n) is 17.4. The first kappa shape index (κ1) is 25.6. The normalized spacial score (nSPS) is 11.2. The molecule has 0 spiro atoms. The third-order valence-corrected chi connectivity index (χ3v) is 6.46. The number of alkyl halides is 2. The fraction of sp³-hybridized carbons (Fsp3) is 0.182. The molecule has 0 bridgehead atoms. The van der Waals surface area contributed by atoms with Gasteiger partial charge in [-0.2, -0.15) is 0 Å². The van der Waals surface area contributed by atoms with E-state index in [4.69, 9.17) is 11.6 Å². The maximum Gasteiger partial charge on any atom is 0.286 e. The first-order valence-electron chi connectivity index (χ1n) is 9.49. The molecule has 3 aromatic rings. The number of hydrogen-bond donors (Lipinski definition) is 1. The van der Waals surface area contributed by atoms with Crippen LogP contribution in [-0.4, -0.2) is 31.6 Å². The number of carbonyl (C=O) groups excluding carboxylic acids is 1. The van der Waals surface area contributed by atoms with E-state index in [0.29, 0.717) is 21.3 Å². The molecule has 0 unspecified atom stereocenters. The average molecular weight is 529 g/mol. The largest absolute Gasteiger partial charge is 0.320 e. The predicted molar refractivity (Wildman–Crippen MR) is 125 cm³/mol. The van der Waals surface area contributed by atoms with E-state index < -0.39 is 40.1 Å². The molecule has 0 saturated carbocycles. The number of hydrogen-bond acceptors (Lipinski definition) is 5. The summed E-state index contributed by atoms with van der Waals surface area (Å²) in [7, 11) is -3.21. The Morgan fingerprint density at radius 1 is 1.24 bits per heavy atom. The second kappa shape index (κ2) is 10.5. The van der Waals surface area contributed by atoms with Crippen molar-refractivity contribution in [3.63, 3.8) is 0 Å². The number of thiophene rings is 1. The zero-order valence-corrected chi connectivity index (χ0v) is 19.8. The maximum atomic E-state index is 13.8. The van der Waals surface area contributed by atoms with Crippen molar-refractivity contribution in [2.24, 2.45) is 0 Å². The van der Waals surface area contributed by atoms with Crippen LogP contribution in [0, 0.1) is 17.7 Å². The van der Waals surface area contributed by atoms with E-state index in [1.807, 2.05) is 0 Å². The average Bonchev–Trinajstić information content (AvgIpc) is 3.09. The summed E-state index contributed by atoms with van der Waals surface area (Å²) in [5.41, 5.74) is 0.0507. The van der Waals surface area contributed by atoms with Crippen molar-refractivity contribution in [3.05, 3.63) is 84.7 Å². The summed E-state index contributed by atoms with van der Waals surface area (Å²) >= 11 is 7.07. The number of aromatic nitrogens is 1. The minimum absolute atomic E-state index is 0.118. The van der Waals surface area contributed by atoms with Crippen LogP contribution in [0.1, 0.15) is 26.4 Å². The number of nitrogens with one attached hydrogen (secondary N) is 1. The van der Waals surface area contributed by atoms with Crippen molar-refractivity contribution >= 4 is 44.4 Å². The van der Waals surface area contributed by atoms with Gasteiger partial charge in [-0.1, -0.05) is 35.6 Å². The summed E-state index contributed by atoms with van der Waals surface area (Å²) in [6.45, 7) is -1.02. The number of amides is 1. The van der Waals surface area contributed by atoms with Gasteiger partial charge in [-0.25, -0.2) is 21.6 Å². The quantitative estimate of drug-likeness (QED) is 0.487. The third-order valence-electron chi connectivity index (χ3n) is 4.24. The molecular formula is C22H16ClF3N2O4S2. The van der Waals surface area contributed by atoms with E-state index >= 15 is 0 Å². The van der Waals surface area contributed by atoms with Gasteiger partial charge in [-0.15, -0.1) is 11.3 Å². The topological polar surface area (TPSA) is 85.2 Å². The van der Waals surface area contributed by atoms with Crippen molar-refractivity contribution in [1.29, 1.82) is 0 Å². The van der Waals surface area contributed by atoms with Gasteiger partial charge in [0.05, 0.1) is 28.4 Å². The number of halogens is 4. The Hall–Kier alpha value is -3.07. The van der Waals surface area contributed by atoms with Gasteiger partial charge < -0.3 is 9.88 Å². The van der Waals surface area contributed by atoms with Gasteiger partial charge in [0.25, 0.3) is 17.9 Å². The molecule has 0 atom stereocenters. The first-order valence-corrected chi connectivity index (χ1v) is 12.7. The zero-order chi connectivity index (χ0) is 25.0. The molecule has 1 aromatic carbocycles. The van der Waals surface area contributed by atoms with Gasteiger partial charge in [-0.3, -0.25) is 9.59 Å². The molecule has 0 fully saturated rings. The monoisotopic (exact) mass is 528 g/mol. The highest BCUT2D eigenvalue weighted by atomic mass is 35.5. The number of carbonyl (C=O) groups is 1. The second-order valence-electron chi connectivity index (χ2n) is 7.20. The smallest absolute Gasteiger partial charge is 0.286 e. The SMILES string of the molecule is CS(=O)(=O)Cc1cccc(C#Cc2cc(C(=O)Nc3cc(F)c(=O)n(CC(F)F)c3)sc2Cl)c1.